The smallest absolute Gasteiger partial charge is 0.263 e. The van der Waals surface area contributed by atoms with Crippen LogP contribution in [0.2, 0.25) is 0 Å². The lowest BCUT2D eigenvalue weighted by atomic mass is 10.0. The van der Waals surface area contributed by atoms with Gasteiger partial charge in [0.05, 0.1) is 18.3 Å². The predicted octanol–water partition coefficient (Wildman–Crippen LogP) is 5.10. The minimum atomic E-state index is 0.0210. The largest absolute Gasteiger partial charge is 0.294 e. The predicted molar refractivity (Wildman–Crippen MR) is 109 cm³/mol. The van der Waals surface area contributed by atoms with E-state index in [0.29, 0.717) is 11.9 Å². The van der Waals surface area contributed by atoms with E-state index >= 15 is 0 Å². The Morgan fingerprint density at radius 2 is 1.81 bits per heavy atom. The summed E-state index contributed by atoms with van der Waals surface area (Å²) < 4.78 is 1.71. The highest BCUT2D eigenvalue weighted by atomic mass is 32.1. The fourth-order valence-corrected chi connectivity index (χ4v) is 4.08. The summed E-state index contributed by atoms with van der Waals surface area (Å²) in [7, 11) is 0. The van der Waals surface area contributed by atoms with Crippen molar-refractivity contribution in [2.75, 3.05) is 0 Å². The second kappa shape index (κ2) is 6.54. The standard InChI is InChI=1S/C22H20N2OS/c1-14-8-9-17(10-16(14)3)19-12-26-21-20(19)22(25)24(13-23-21)11-18-7-5-4-6-15(18)2/h4-10,12-13H,11H2,1-3H3. The Balaban J connectivity index is 1.86. The van der Waals surface area contributed by atoms with Gasteiger partial charge in [0.25, 0.3) is 5.56 Å². The van der Waals surface area contributed by atoms with E-state index in [9.17, 15) is 4.79 Å². The number of nitrogens with zero attached hydrogens (tertiary/aromatic N) is 2. The van der Waals surface area contributed by atoms with E-state index in [4.69, 9.17) is 0 Å². The molecule has 4 aromatic rings. The molecule has 2 aromatic heterocycles. The van der Waals surface area contributed by atoms with Crippen LogP contribution < -0.4 is 5.56 Å². The van der Waals surface area contributed by atoms with Gasteiger partial charge in [-0.1, -0.05) is 42.5 Å². The quantitative estimate of drug-likeness (QED) is 0.509. The Bertz CT molecular complexity index is 1170. The zero-order valence-corrected chi connectivity index (χ0v) is 15.9. The van der Waals surface area contributed by atoms with Gasteiger partial charge in [0.1, 0.15) is 4.83 Å². The van der Waals surface area contributed by atoms with Crippen molar-refractivity contribution in [3.05, 3.63) is 86.8 Å². The monoisotopic (exact) mass is 360 g/mol. The van der Waals surface area contributed by atoms with E-state index in [0.717, 1.165) is 21.5 Å². The van der Waals surface area contributed by atoms with Gasteiger partial charge in [0.15, 0.2) is 0 Å². The lowest BCUT2D eigenvalue weighted by molar-refractivity contribution is 0.745. The fourth-order valence-electron chi connectivity index (χ4n) is 3.17. The van der Waals surface area contributed by atoms with E-state index in [1.807, 2.05) is 17.5 Å². The fraction of sp³-hybridized carbons (Fsp3) is 0.182. The molecule has 0 aliphatic carbocycles. The highest BCUT2D eigenvalue weighted by Gasteiger charge is 2.14. The average molecular weight is 360 g/mol. The normalized spacial score (nSPS) is 11.2. The van der Waals surface area contributed by atoms with Crippen LogP contribution in [0.4, 0.5) is 0 Å². The molecule has 0 aliphatic heterocycles. The van der Waals surface area contributed by atoms with Crippen molar-refractivity contribution in [3.8, 4) is 11.1 Å². The van der Waals surface area contributed by atoms with Crippen molar-refractivity contribution in [1.29, 1.82) is 0 Å². The molecule has 0 unspecified atom stereocenters. The molecule has 0 N–H and O–H groups in total. The molecule has 130 valence electrons. The van der Waals surface area contributed by atoms with Gasteiger partial charge in [-0.05, 0) is 48.6 Å². The highest BCUT2D eigenvalue weighted by molar-refractivity contribution is 7.17. The van der Waals surface area contributed by atoms with Crippen LogP contribution in [0.3, 0.4) is 0 Å². The van der Waals surface area contributed by atoms with Crippen LogP contribution in [-0.4, -0.2) is 9.55 Å². The van der Waals surface area contributed by atoms with E-state index < -0.39 is 0 Å². The first-order valence-corrected chi connectivity index (χ1v) is 9.51. The molecule has 2 aromatic carbocycles. The molecule has 0 spiro atoms. The molecule has 0 radical (unpaired) electrons. The summed E-state index contributed by atoms with van der Waals surface area (Å²) in [5, 5.41) is 2.76. The Morgan fingerprint density at radius 1 is 1.00 bits per heavy atom. The van der Waals surface area contributed by atoms with Crippen molar-refractivity contribution in [2.24, 2.45) is 0 Å². The maximum Gasteiger partial charge on any atom is 0.263 e. The Kier molecular flexibility index (Phi) is 4.21. The number of rotatable bonds is 3. The molecule has 0 saturated carbocycles. The van der Waals surface area contributed by atoms with Gasteiger partial charge in [0, 0.05) is 10.9 Å². The Hall–Kier alpha value is -2.72. The third-order valence-electron chi connectivity index (χ3n) is 4.98. The van der Waals surface area contributed by atoms with Crippen molar-refractivity contribution >= 4 is 21.6 Å². The molecule has 0 bridgehead atoms. The molecule has 2 heterocycles. The number of fused-ring (bicyclic) bond motifs is 1. The summed E-state index contributed by atoms with van der Waals surface area (Å²) >= 11 is 1.53. The van der Waals surface area contributed by atoms with Crippen molar-refractivity contribution < 1.29 is 0 Å². The van der Waals surface area contributed by atoms with Gasteiger partial charge in [-0.25, -0.2) is 4.98 Å². The second-order valence-corrected chi connectivity index (χ2v) is 7.59. The number of hydrogen-bond donors (Lipinski definition) is 0. The van der Waals surface area contributed by atoms with Crippen LogP contribution in [0.15, 0.2) is 59.0 Å². The summed E-state index contributed by atoms with van der Waals surface area (Å²) in [4.78, 5) is 18.5. The van der Waals surface area contributed by atoms with E-state index in [1.165, 1.54) is 28.0 Å². The SMILES string of the molecule is Cc1ccc(-c2csc3ncn(Cc4ccccc4C)c(=O)c23)cc1C. The summed E-state index contributed by atoms with van der Waals surface area (Å²) in [5.41, 5.74) is 6.87. The van der Waals surface area contributed by atoms with E-state index in [-0.39, 0.29) is 5.56 Å². The second-order valence-electron chi connectivity index (χ2n) is 6.73. The van der Waals surface area contributed by atoms with Gasteiger partial charge >= 0.3 is 0 Å². The van der Waals surface area contributed by atoms with Crippen LogP contribution in [0, 0.1) is 20.8 Å². The Labute approximate surface area is 156 Å². The molecule has 4 rings (SSSR count). The topological polar surface area (TPSA) is 34.9 Å². The first kappa shape index (κ1) is 16.7. The molecule has 0 amide bonds. The molecule has 0 saturated heterocycles. The molecular formula is C22H20N2OS. The zero-order chi connectivity index (χ0) is 18.3. The number of benzene rings is 2. The van der Waals surface area contributed by atoms with Gasteiger partial charge in [0.2, 0.25) is 0 Å². The lowest BCUT2D eigenvalue weighted by Crippen LogP contribution is -2.21. The molecular weight excluding hydrogens is 340 g/mol. The zero-order valence-electron chi connectivity index (χ0n) is 15.1. The maximum atomic E-state index is 13.2. The van der Waals surface area contributed by atoms with Gasteiger partial charge in [-0.15, -0.1) is 11.3 Å². The van der Waals surface area contributed by atoms with Crippen LogP contribution in [-0.2, 0) is 6.54 Å². The van der Waals surface area contributed by atoms with E-state index in [2.05, 4.69) is 56.1 Å². The van der Waals surface area contributed by atoms with Crippen molar-refractivity contribution in [1.82, 2.24) is 9.55 Å². The number of thiophene rings is 1. The molecule has 0 fully saturated rings. The lowest BCUT2D eigenvalue weighted by Gasteiger charge is -2.09. The van der Waals surface area contributed by atoms with Gasteiger partial charge < -0.3 is 0 Å². The van der Waals surface area contributed by atoms with Crippen LogP contribution in [0.5, 0.6) is 0 Å². The first-order valence-electron chi connectivity index (χ1n) is 8.63. The highest BCUT2D eigenvalue weighted by Crippen LogP contribution is 2.31. The molecule has 26 heavy (non-hydrogen) atoms. The summed E-state index contributed by atoms with van der Waals surface area (Å²) in [6.45, 7) is 6.80. The number of aryl methyl sites for hydroxylation is 3. The van der Waals surface area contributed by atoms with Gasteiger partial charge in [-0.2, -0.15) is 0 Å². The minimum Gasteiger partial charge on any atom is -0.294 e. The maximum absolute atomic E-state index is 13.2. The molecule has 4 heteroatoms. The molecule has 3 nitrogen and oxygen atoms in total. The van der Waals surface area contributed by atoms with Crippen LogP contribution in [0.1, 0.15) is 22.3 Å². The Morgan fingerprint density at radius 3 is 2.58 bits per heavy atom. The van der Waals surface area contributed by atoms with Crippen LogP contribution >= 0.6 is 11.3 Å². The van der Waals surface area contributed by atoms with Crippen molar-refractivity contribution in [3.63, 3.8) is 0 Å². The van der Waals surface area contributed by atoms with E-state index in [1.54, 1.807) is 10.9 Å². The summed E-state index contributed by atoms with van der Waals surface area (Å²) in [5.74, 6) is 0. The van der Waals surface area contributed by atoms with Crippen LogP contribution in [0.25, 0.3) is 21.3 Å². The molecule has 0 atom stereocenters. The molecule has 0 aliphatic rings. The minimum absolute atomic E-state index is 0.0210. The first-order chi connectivity index (χ1) is 12.5. The third kappa shape index (κ3) is 2.86. The summed E-state index contributed by atoms with van der Waals surface area (Å²) in [6, 6.07) is 14.5. The number of hydrogen-bond acceptors (Lipinski definition) is 3. The average Bonchev–Trinajstić information content (AvgIpc) is 3.06. The summed E-state index contributed by atoms with van der Waals surface area (Å²) in [6.07, 6.45) is 1.66. The number of aromatic nitrogens is 2. The third-order valence-corrected chi connectivity index (χ3v) is 5.87. The van der Waals surface area contributed by atoms with Gasteiger partial charge in [-0.3, -0.25) is 9.36 Å². The van der Waals surface area contributed by atoms with Crippen molar-refractivity contribution in [2.45, 2.75) is 27.3 Å².